The minimum atomic E-state index is -0.442. The van der Waals surface area contributed by atoms with Gasteiger partial charge in [-0.1, -0.05) is 19.3 Å². The quantitative estimate of drug-likeness (QED) is 0.777. The van der Waals surface area contributed by atoms with E-state index in [4.69, 9.17) is 14.2 Å². The number of aliphatic hydroxyl groups is 1. The SMILES string of the molecule is O[C@H]1[C@H](NCC2CCCCC2)[C@H]2CO[C@H](O2)[C@@H]1N1CCOCC1. The van der Waals surface area contributed by atoms with Crippen LogP contribution in [0.2, 0.25) is 0 Å². The second-order valence-electron chi connectivity index (χ2n) is 7.44. The van der Waals surface area contributed by atoms with Gasteiger partial charge in [0.2, 0.25) is 0 Å². The Bertz CT molecular complexity index is 385. The molecule has 4 rings (SSSR count). The van der Waals surface area contributed by atoms with Crippen LogP contribution < -0.4 is 5.32 Å². The Morgan fingerprint density at radius 2 is 1.87 bits per heavy atom. The van der Waals surface area contributed by atoms with Crippen LogP contribution in [-0.2, 0) is 14.2 Å². The first-order chi connectivity index (χ1) is 11.3. The highest BCUT2D eigenvalue weighted by Crippen LogP contribution is 2.32. The molecule has 4 aliphatic rings. The number of aliphatic hydroxyl groups excluding tert-OH is 1. The van der Waals surface area contributed by atoms with Gasteiger partial charge in [-0.25, -0.2) is 0 Å². The van der Waals surface area contributed by atoms with Crippen LogP contribution in [-0.4, -0.2) is 80.0 Å². The lowest BCUT2D eigenvalue weighted by Gasteiger charge is -2.45. The smallest absolute Gasteiger partial charge is 0.176 e. The second-order valence-corrected chi connectivity index (χ2v) is 7.44. The lowest BCUT2D eigenvalue weighted by molar-refractivity contribution is -0.191. The number of ether oxygens (including phenoxy) is 3. The zero-order valence-electron chi connectivity index (χ0n) is 13.9. The average Bonchev–Trinajstić information content (AvgIpc) is 3.02. The molecule has 5 atom stereocenters. The van der Waals surface area contributed by atoms with Crippen molar-refractivity contribution in [2.24, 2.45) is 5.92 Å². The summed E-state index contributed by atoms with van der Waals surface area (Å²) < 4.78 is 17.3. The van der Waals surface area contributed by atoms with E-state index in [9.17, 15) is 5.11 Å². The van der Waals surface area contributed by atoms with Gasteiger partial charge >= 0.3 is 0 Å². The highest BCUT2D eigenvalue weighted by Gasteiger charge is 2.52. The Morgan fingerprint density at radius 3 is 2.65 bits per heavy atom. The normalized spacial score (nSPS) is 42.9. The molecule has 0 unspecified atom stereocenters. The number of hydrogen-bond donors (Lipinski definition) is 2. The summed E-state index contributed by atoms with van der Waals surface area (Å²) in [6, 6.07) is -0.106. The monoisotopic (exact) mass is 326 g/mol. The molecule has 0 amide bonds. The van der Waals surface area contributed by atoms with E-state index in [1.165, 1.54) is 32.1 Å². The number of nitrogens with zero attached hydrogens (tertiary/aromatic N) is 1. The fourth-order valence-corrected chi connectivity index (χ4v) is 4.61. The van der Waals surface area contributed by atoms with E-state index < -0.39 is 6.10 Å². The van der Waals surface area contributed by atoms with Gasteiger partial charge in [-0.3, -0.25) is 4.90 Å². The predicted molar refractivity (Wildman–Crippen MR) is 85.2 cm³/mol. The minimum Gasteiger partial charge on any atom is -0.390 e. The van der Waals surface area contributed by atoms with Crippen molar-refractivity contribution in [1.29, 1.82) is 0 Å². The summed E-state index contributed by atoms with van der Waals surface area (Å²) in [5.41, 5.74) is 0. The third kappa shape index (κ3) is 3.43. The van der Waals surface area contributed by atoms with Crippen LogP contribution in [0.5, 0.6) is 0 Å². The standard InChI is InChI=1S/C17H30N2O4/c20-16-14(18-10-12-4-2-1-3-5-12)13-11-22-17(23-13)15(16)19-6-8-21-9-7-19/h12-18,20H,1-11H2/t13-,14-,15-,16+,17-/m1/s1. The molecule has 4 fully saturated rings. The summed E-state index contributed by atoms with van der Waals surface area (Å²) in [5, 5.41) is 14.6. The first-order valence-electron chi connectivity index (χ1n) is 9.33. The zero-order valence-corrected chi connectivity index (χ0v) is 13.9. The Morgan fingerprint density at radius 1 is 1.09 bits per heavy atom. The van der Waals surface area contributed by atoms with Crippen LogP contribution in [0, 0.1) is 5.92 Å². The molecular weight excluding hydrogens is 296 g/mol. The molecular formula is C17H30N2O4. The maximum Gasteiger partial charge on any atom is 0.176 e. The van der Waals surface area contributed by atoms with E-state index in [-0.39, 0.29) is 24.5 Å². The molecule has 3 aliphatic heterocycles. The zero-order chi connectivity index (χ0) is 15.6. The first-order valence-corrected chi connectivity index (χ1v) is 9.33. The van der Waals surface area contributed by atoms with Gasteiger partial charge in [-0.15, -0.1) is 0 Å². The lowest BCUT2D eigenvalue weighted by atomic mass is 9.88. The number of fused-ring (bicyclic) bond motifs is 2. The lowest BCUT2D eigenvalue weighted by Crippen LogP contribution is -2.66. The summed E-state index contributed by atoms with van der Waals surface area (Å²) in [6.45, 7) is 4.70. The highest BCUT2D eigenvalue weighted by molar-refractivity contribution is 5.01. The summed E-state index contributed by atoms with van der Waals surface area (Å²) in [6.07, 6.45) is 5.95. The van der Waals surface area contributed by atoms with Crippen molar-refractivity contribution in [3.05, 3.63) is 0 Å². The van der Waals surface area contributed by atoms with Crippen molar-refractivity contribution in [3.8, 4) is 0 Å². The molecule has 1 saturated carbocycles. The Labute approximate surface area is 138 Å². The van der Waals surface area contributed by atoms with Crippen LogP contribution in [0.4, 0.5) is 0 Å². The molecule has 0 aromatic carbocycles. The topological polar surface area (TPSA) is 63.2 Å². The molecule has 23 heavy (non-hydrogen) atoms. The van der Waals surface area contributed by atoms with Crippen LogP contribution in [0.1, 0.15) is 32.1 Å². The molecule has 132 valence electrons. The van der Waals surface area contributed by atoms with E-state index in [2.05, 4.69) is 10.2 Å². The Kier molecular flexibility index (Phi) is 5.18. The minimum absolute atomic E-state index is 0.0177. The van der Waals surface area contributed by atoms with Crippen molar-refractivity contribution >= 4 is 0 Å². The van der Waals surface area contributed by atoms with Gasteiger partial charge < -0.3 is 24.6 Å². The van der Waals surface area contributed by atoms with E-state index >= 15 is 0 Å². The van der Waals surface area contributed by atoms with Gasteiger partial charge in [0, 0.05) is 13.1 Å². The molecule has 2 N–H and O–H groups in total. The summed E-state index contributed by atoms with van der Waals surface area (Å²) in [4.78, 5) is 2.27. The molecule has 3 heterocycles. The molecule has 6 heteroatoms. The number of morpholine rings is 1. The van der Waals surface area contributed by atoms with E-state index in [1.54, 1.807) is 0 Å². The van der Waals surface area contributed by atoms with Gasteiger partial charge in [0.05, 0.1) is 38.0 Å². The predicted octanol–water partition coefficient (Wildman–Crippen LogP) is 0.342. The fraction of sp³-hybridized carbons (Fsp3) is 1.00. The molecule has 0 aromatic rings. The summed E-state index contributed by atoms with van der Waals surface area (Å²) >= 11 is 0. The molecule has 3 saturated heterocycles. The molecule has 0 radical (unpaired) electrons. The molecule has 2 bridgehead atoms. The van der Waals surface area contributed by atoms with Crippen molar-refractivity contribution in [2.45, 2.75) is 62.7 Å². The fourth-order valence-electron chi connectivity index (χ4n) is 4.61. The van der Waals surface area contributed by atoms with Crippen LogP contribution in [0.25, 0.3) is 0 Å². The summed E-state index contributed by atoms with van der Waals surface area (Å²) in [7, 11) is 0. The van der Waals surface area contributed by atoms with Gasteiger partial charge in [-0.2, -0.15) is 0 Å². The van der Waals surface area contributed by atoms with E-state index in [1.807, 2.05) is 0 Å². The van der Waals surface area contributed by atoms with Crippen molar-refractivity contribution in [3.63, 3.8) is 0 Å². The second kappa shape index (κ2) is 7.33. The van der Waals surface area contributed by atoms with E-state index in [0.29, 0.717) is 6.61 Å². The van der Waals surface area contributed by atoms with Crippen LogP contribution in [0.15, 0.2) is 0 Å². The third-order valence-corrected chi connectivity index (χ3v) is 5.97. The number of hydrogen-bond acceptors (Lipinski definition) is 6. The Hall–Kier alpha value is -0.240. The van der Waals surface area contributed by atoms with Gasteiger partial charge in [0.1, 0.15) is 6.10 Å². The number of nitrogens with one attached hydrogen (secondary N) is 1. The number of rotatable bonds is 4. The van der Waals surface area contributed by atoms with Gasteiger partial charge in [-0.05, 0) is 25.3 Å². The maximum atomic E-state index is 11.0. The largest absolute Gasteiger partial charge is 0.390 e. The van der Waals surface area contributed by atoms with Crippen molar-refractivity contribution < 1.29 is 19.3 Å². The summed E-state index contributed by atoms with van der Waals surface area (Å²) in [5.74, 6) is 0.748. The van der Waals surface area contributed by atoms with Crippen LogP contribution in [0.3, 0.4) is 0 Å². The van der Waals surface area contributed by atoms with Crippen LogP contribution >= 0.6 is 0 Å². The molecule has 0 aromatic heterocycles. The third-order valence-electron chi connectivity index (χ3n) is 5.97. The van der Waals surface area contributed by atoms with Crippen molar-refractivity contribution in [2.75, 3.05) is 39.5 Å². The van der Waals surface area contributed by atoms with E-state index in [0.717, 1.165) is 38.8 Å². The average molecular weight is 326 g/mol. The molecule has 1 aliphatic carbocycles. The Balaban J connectivity index is 1.39. The van der Waals surface area contributed by atoms with Gasteiger partial charge in [0.15, 0.2) is 6.29 Å². The maximum absolute atomic E-state index is 11.0. The van der Waals surface area contributed by atoms with Crippen molar-refractivity contribution in [1.82, 2.24) is 10.2 Å². The highest BCUT2D eigenvalue weighted by atomic mass is 16.7. The molecule has 0 spiro atoms. The molecule has 6 nitrogen and oxygen atoms in total. The van der Waals surface area contributed by atoms with Gasteiger partial charge in [0.25, 0.3) is 0 Å². The first kappa shape index (κ1) is 16.2.